The molecule has 1 saturated heterocycles. The quantitative estimate of drug-likeness (QED) is 0.813. The number of carbonyl (C=O) groups excluding carboxylic acids is 2. The summed E-state index contributed by atoms with van der Waals surface area (Å²) in [7, 11) is 1.63. The van der Waals surface area contributed by atoms with Crippen molar-refractivity contribution in [1.29, 1.82) is 0 Å². The van der Waals surface area contributed by atoms with Gasteiger partial charge in [-0.3, -0.25) is 9.59 Å². The molecule has 0 radical (unpaired) electrons. The topological polar surface area (TPSA) is 58.6 Å². The monoisotopic (exact) mass is 298 g/mol. The van der Waals surface area contributed by atoms with Crippen molar-refractivity contribution in [2.24, 2.45) is 11.8 Å². The fourth-order valence-electron chi connectivity index (χ4n) is 2.69. The summed E-state index contributed by atoms with van der Waals surface area (Å²) in [4.78, 5) is 27.0. The van der Waals surface area contributed by atoms with E-state index in [-0.39, 0.29) is 23.7 Å². The third kappa shape index (κ3) is 3.96. The first-order valence-corrected chi connectivity index (χ1v) is 7.80. The first kappa shape index (κ1) is 18.0. The Balaban J connectivity index is 3.09. The third-order valence-corrected chi connectivity index (χ3v) is 4.40. The normalized spacial score (nSPS) is 25.2. The summed E-state index contributed by atoms with van der Waals surface area (Å²) in [6, 6.07) is -0.850. The van der Waals surface area contributed by atoms with Crippen LogP contribution in [-0.2, 0) is 14.3 Å². The van der Waals surface area contributed by atoms with E-state index in [4.69, 9.17) is 4.74 Å². The SMILES string of the molecule is CCC(C)C1NC(=O)C(C(C)C)N(CC(C)(C)OC)C1=O. The summed E-state index contributed by atoms with van der Waals surface area (Å²) in [5.41, 5.74) is -0.472. The van der Waals surface area contributed by atoms with Crippen molar-refractivity contribution in [3.05, 3.63) is 0 Å². The Labute approximate surface area is 128 Å². The molecule has 2 amide bonds. The Morgan fingerprint density at radius 3 is 2.29 bits per heavy atom. The van der Waals surface area contributed by atoms with E-state index >= 15 is 0 Å². The summed E-state index contributed by atoms with van der Waals surface area (Å²) in [5, 5.41) is 2.91. The van der Waals surface area contributed by atoms with E-state index < -0.39 is 17.7 Å². The molecular weight excluding hydrogens is 268 g/mol. The van der Waals surface area contributed by atoms with E-state index in [1.165, 1.54) is 0 Å². The van der Waals surface area contributed by atoms with E-state index in [0.29, 0.717) is 6.54 Å². The fourth-order valence-corrected chi connectivity index (χ4v) is 2.69. The minimum absolute atomic E-state index is 0.00720. The van der Waals surface area contributed by atoms with Crippen LogP contribution in [0.4, 0.5) is 0 Å². The molecule has 0 aromatic carbocycles. The summed E-state index contributed by atoms with van der Waals surface area (Å²) in [6.45, 7) is 12.2. The van der Waals surface area contributed by atoms with Gasteiger partial charge in [0, 0.05) is 7.11 Å². The van der Waals surface area contributed by atoms with Crippen molar-refractivity contribution in [3.63, 3.8) is 0 Å². The highest BCUT2D eigenvalue weighted by Crippen LogP contribution is 2.24. The maximum absolute atomic E-state index is 12.8. The van der Waals surface area contributed by atoms with Crippen LogP contribution in [0.15, 0.2) is 0 Å². The van der Waals surface area contributed by atoms with Crippen LogP contribution < -0.4 is 5.32 Å². The number of nitrogens with zero attached hydrogens (tertiary/aromatic N) is 1. The van der Waals surface area contributed by atoms with E-state index in [1.807, 2.05) is 41.5 Å². The Kier molecular flexibility index (Phi) is 5.79. The Morgan fingerprint density at radius 1 is 1.29 bits per heavy atom. The van der Waals surface area contributed by atoms with Crippen LogP contribution >= 0.6 is 0 Å². The lowest BCUT2D eigenvalue weighted by Crippen LogP contribution is -2.68. The number of hydrogen-bond donors (Lipinski definition) is 1. The molecule has 3 atom stereocenters. The number of rotatable bonds is 6. The highest BCUT2D eigenvalue weighted by atomic mass is 16.5. The smallest absolute Gasteiger partial charge is 0.246 e. The van der Waals surface area contributed by atoms with Crippen molar-refractivity contribution < 1.29 is 14.3 Å². The number of hydrogen-bond acceptors (Lipinski definition) is 3. The summed E-state index contributed by atoms with van der Waals surface area (Å²) in [5.74, 6) is 0.150. The van der Waals surface area contributed by atoms with Gasteiger partial charge >= 0.3 is 0 Å². The van der Waals surface area contributed by atoms with Gasteiger partial charge in [0.05, 0.1) is 12.1 Å². The van der Waals surface area contributed by atoms with Crippen molar-refractivity contribution in [2.45, 2.75) is 65.6 Å². The molecule has 0 aliphatic carbocycles. The van der Waals surface area contributed by atoms with Crippen LogP contribution in [-0.4, -0.2) is 48.1 Å². The first-order valence-electron chi connectivity index (χ1n) is 7.80. The van der Waals surface area contributed by atoms with E-state index in [2.05, 4.69) is 5.32 Å². The average molecular weight is 298 g/mol. The molecule has 0 aromatic rings. The molecule has 1 heterocycles. The lowest BCUT2D eigenvalue weighted by Gasteiger charge is -2.45. The largest absolute Gasteiger partial charge is 0.377 e. The van der Waals surface area contributed by atoms with Crippen LogP contribution in [0, 0.1) is 11.8 Å². The molecule has 3 unspecified atom stereocenters. The van der Waals surface area contributed by atoms with Crippen LogP contribution in [0.3, 0.4) is 0 Å². The van der Waals surface area contributed by atoms with Gasteiger partial charge in [0.15, 0.2) is 0 Å². The average Bonchev–Trinajstić information content (AvgIpc) is 2.41. The molecule has 0 bridgehead atoms. The third-order valence-electron chi connectivity index (χ3n) is 4.40. The van der Waals surface area contributed by atoms with Gasteiger partial charge in [0.25, 0.3) is 0 Å². The Morgan fingerprint density at radius 2 is 1.86 bits per heavy atom. The van der Waals surface area contributed by atoms with Gasteiger partial charge in [-0.1, -0.05) is 34.1 Å². The highest BCUT2D eigenvalue weighted by Gasteiger charge is 2.45. The molecule has 1 fully saturated rings. The molecule has 21 heavy (non-hydrogen) atoms. The van der Waals surface area contributed by atoms with Crippen LogP contribution in [0.25, 0.3) is 0 Å². The zero-order chi connectivity index (χ0) is 16.4. The van der Waals surface area contributed by atoms with Crippen LogP contribution in [0.2, 0.25) is 0 Å². The van der Waals surface area contributed by atoms with Gasteiger partial charge in [0.2, 0.25) is 11.8 Å². The number of amides is 2. The number of carbonyl (C=O) groups is 2. The second-order valence-electron chi connectivity index (χ2n) is 6.99. The maximum Gasteiger partial charge on any atom is 0.246 e. The minimum Gasteiger partial charge on any atom is -0.377 e. The molecule has 1 rings (SSSR count). The van der Waals surface area contributed by atoms with Gasteiger partial charge < -0.3 is 15.0 Å². The predicted molar refractivity (Wildman–Crippen MR) is 82.8 cm³/mol. The Hall–Kier alpha value is -1.10. The summed E-state index contributed by atoms with van der Waals surface area (Å²) >= 11 is 0. The number of methoxy groups -OCH3 is 1. The number of piperazine rings is 1. The standard InChI is InChI=1S/C16H30N2O3/c1-8-11(4)12-15(20)18(9-16(5,6)21-7)13(10(2)3)14(19)17-12/h10-13H,8-9H2,1-7H3,(H,17,19). The first-order chi connectivity index (χ1) is 9.64. The van der Waals surface area contributed by atoms with E-state index in [0.717, 1.165) is 6.42 Å². The van der Waals surface area contributed by atoms with Crippen molar-refractivity contribution in [1.82, 2.24) is 10.2 Å². The lowest BCUT2D eigenvalue weighted by molar-refractivity contribution is -0.156. The van der Waals surface area contributed by atoms with Crippen LogP contribution in [0.1, 0.15) is 48.0 Å². The van der Waals surface area contributed by atoms with Gasteiger partial charge in [-0.15, -0.1) is 0 Å². The van der Waals surface area contributed by atoms with Gasteiger partial charge in [-0.05, 0) is 25.7 Å². The minimum atomic E-state index is -0.472. The molecule has 1 aliphatic heterocycles. The molecule has 0 saturated carbocycles. The van der Waals surface area contributed by atoms with Crippen molar-refractivity contribution in [2.75, 3.05) is 13.7 Å². The van der Waals surface area contributed by atoms with Crippen molar-refractivity contribution >= 4 is 11.8 Å². The molecule has 5 nitrogen and oxygen atoms in total. The van der Waals surface area contributed by atoms with Crippen molar-refractivity contribution in [3.8, 4) is 0 Å². The molecule has 5 heteroatoms. The zero-order valence-electron chi connectivity index (χ0n) is 14.4. The van der Waals surface area contributed by atoms with Gasteiger partial charge in [0.1, 0.15) is 12.1 Å². The lowest BCUT2D eigenvalue weighted by atomic mass is 9.90. The second kappa shape index (κ2) is 6.77. The summed E-state index contributed by atoms with van der Waals surface area (Å²) in [6.07, 6.45) is 0.852. The number of nitrogens with one attached hydrogen (secondary N) is 1. The Bertz CT molecular complexity index is 393. The van der Waals surface area contributed by atoms with Gasteiger partial charge in [-0.25, -0.2) is 0 Å². The van der Waals surface area contributed by atoms with E-state index in [9.17, 15) is 9.59 Å². The maximum atomic E-state index is 12.8. The van der Waals surface area contributed by atoms with E-state index in [1.54, 1.807) is 12.0 Å². The molecule has 1 aliphatic rings. The molecule has 1 N–H and O–H groups in total. The highest BCUT2D eigenvalue weighted by molar-refractivity contribution is 5.97. The molecular formula is C16H30N2O3. The summed E-state index contributed by atoms with van der Waals surface area (Å²) < 4.78 is 5.45. The zero-order valence-corrected chi connectivity index (χ0v) is 14.4. The predicted octanol–water partition coefficient (Wildman–Crippen LogP) is 1.81. The van der Waals surface area contributed by atoms with Crippen LogP contribution in [0.5, 0.6) is 0 Å². The number of ether oxygens (including phenoxy) is 1. The molecule has 0 spiro atoms. The van der Waals surface area contributed by atoms with Gasteiger partial charge in [-0.2, -0.15) is 0 Å². The molecule has 122 valence electrons. The second-order valence-corrected chi connectivity index (χ2v) is 6.99. The molecule has 0 aromatic heterocycles. The fraction of sp³-hybridized carbons (Fsp3) is 0.875.